The molecule has 0 unspecified atom stereocenters. The number of ether oxygens (including phenoxy) is 1. The van der Waals surface area contributed by atoms with E-state index < -0.39 is 0 Å². The fraction of sp³-hybridized carbons (Fsp3) is 0.263. The van der Waals surface area contributed by atoms with Gasteiger partial charge in [0.2, 0.25) is 5.91 Å². The van der Waals surface area contributed by atoms with E-state index in [9.17, 15) is 4.79 Å². The number of imidazole rings is 1. The van der Waals surface area contributed by atoms with Gasteiger partial charge in [-0.15, -0.1) is 0 Å². The maximum Gasteiger partial charge on any atom is 0.234 e. The molecule has 0 atom stereocenters. The van der Waals surface area contributed by atoms with Gasteiger partial charge in [0.15, 0.2) is 5.16 Å². The first-order valence-corrected chi connectivity index (χ1v) is 9.99. The van der Waals surface area contributed by atoms with Gasteiger partial charge in [0.25, 0.3) is 0 Å². The topological polar surface area (TPSA) is 56.1 Å². The van der Waals surface area contributed by atoms with Crippen molar-refractivity contribution < 1.29 is 9.53 Å². The molecular formula is C19H20BrN3O2S. The fourth-order valence-corrected chi connectivity index (χ4v) is 3.96. The molecule has 0 aliphatic heterocycles. The number of hydrogen-bond acceptors (Lipinski definition) is 4. The lowest BCUT2D eigenvalue weighted by molar-refractivity contribution is -0.113. The average molecular weight is 434 g/mol. The SMILES string of the molecule is COCCn1c(SCC(=O)Nc2ccc(Br)cc2C)nc2ccccc21. The Labute approximate surface area is 165 Å². The number of hydrogen-bond donors (Lipinski definition) is 1. The van der Waals surface area contributed by atoms with Crippen molar-refractivity contribution in [3.63, 3.8) is 0 Å². The Bertz CT molecular complexity index is 926. The van der Waals surface area contributed by atoms with Crippen LogP contribution in [0, 0.1) is 6.92 Å². The molecule has 0 saturated carbocycles. The molecule has 1 N–H and O–H groups in total. The highest BCUT2D eigenvalue weighted by molar-refractivity contribution is 9.10. The highest BCUT2D eigenvalue weighted by atomic mass is 79.9. The number of methoxy groups -OCH3 is 1. The normalized spacial score (nSPS) is 11.0. The number of carbonyl (C=O) groups excluding carboxylic acids is 1. The van der Waals surface area contributed by atoms with Gasteiger partial charge < -0.3 is 14.6 Å². The van der Waals surface area contributed by atoms with Crippen molar-refractivity contribution in [3.05, 3.63) is 52.5 Å². The van der Waals surface area contributed by atoms with Gasteiger partial charge in [-0.05, 0) is 42.8 Å². The summed E-state index contributed by atoms with van der Waals surface area (Å²) in [7, 11) is 1.68. The van der Waals surface area contributed by atoms with E-state index in [1.165, 1.54) is 11.8 Å². The van der Waals surface area contributed by atoms with Crippen molar-refractivity contribution in [3.8, 4) is 0 Å². The van der Waals surface area contributed by atoms with Gasteiger partial charge in [0.1, 0.15) is 0 Å². The van der Waals surface area contributed by atoms with Crippen molar-refractivity contribution in [1.29, 1.82) is 0 Å². The van der Waals surface area contributed by atoms with Crippen LogP contribution in [0.1, 0.15) is 5.56 Å². The number of carbonyl (C=O) groups is 1. The van der Waals surface area contributed by atoms with E-state index >= 15 is 0 Å². The summed E-state index contributed by atoms with van der Waals surface area (Å²) in [5.74, 6) is 0.247. The molecule has 26 heavy (non-hydrogen) atoms. The summed E-state index contributed by atoms with van der Waals surface area (Å²) in [5, 5.41) is 3.79. The third kappa shape index (κ3) is 4.47. The molecule has 0 radical (unpaired) electrons. The summed E-state index contributed by atoms with van der Waals surface area (Å²) >= 11 is 4.87. The molecule has 1 heterocycles. The van der Waals surface area contributed by atoms with Crippen molar-refractivity contribution in [2.24, 2.45) is 0 Å². The van der Waals surface area contributed by atoms with E-state index in [1.54, 1.807) is 7.11 Å². The Balaban J connectivity index is 1.71. The van der Waals surface area contributed by atoms with Crippen LogP contribution in [-0.4, -0.2) is 34.9 Å². The second kappa shape index (κ2) is 8.70. The molecule has 1 amide bonds. The molecule has 0 aliphatic carbocycles. The second-order valence-corrected chi connectivity index (χ2v) is 7.68. The summed E-state index contributed by atoms with van der Waals surface area (Å²) in [4.78, 5) is 17.0. The number of thioether (sulfide) groups is 1. The number of amides is 1. The number of anilines is 1. The van der Waals surface area contributed by atoms with Crippen molar-refractivity contribution in [2.45, 2.75) is 18.6 Å². The summed E-state index contributed by atoms with van der Waals surface area (Å²) in [6, 6.07) is 13.8. The zero-order valence-corrected chi connectivity index (χ0v) is 17.1. The maximum atomic E-state index is 12.4. The van der Waals surface area contributed by atoms with E-state index in [-0.39, 0.29) is 5.91 Å². The number of nitrogens with one attached hydrogen (secondary N) is 1. The predicted molar refractivity (Wildman–Crippen MR) is 110 cm³/mol. The third-order valence-electron chi connectivity index (χ3n) is 3.93. The molecule has 3 aromatic rings. The van der Waals surface area contributed by atoms with Gasteiger partial charge in [-0.2, -0.15) is 0 Å². The van der Waals surface area contributed by atoms with Crippen LogP contribution in [0.3, 0.4) is 0 Å². The molecule has 0 spiro atoms. The Morgan fingerprint density at radius 3 is 2.88 bits per heavy atom. The van der Waals surface area contributed by atoms with Gasteiger partial charge in [-0.3, -0.25) is 4.79 Å². The lowest BCUT2D eigenvalue weighted by atomic mass is 10.2. The number of para-hydroxylation sites is 2. The fourth-order valence-electron chi connectivity index (χ4n) is 2.65. The minimum absolute atomic E-state index is 0.0502. The number of rotatable bonds is 7. The predicted octanol–water partition coefficient (Wildman–Crippen LogP) is 4.48. The zero-order chi connectivity index (χ0) is 18.5. The van der Waals surface area contributed by atoms with Gasteiger partial charge >= 0.3 is 0 Å². The molecule has 5 nitrogen and oxygen atoms in total. The summed E-state index contributed by atoms with van der Waals surface area (Å²) in [6.07, 6.45) is 0. The summed E-state index contributed by atoms with van der Waals surface area (Å²) < 4.78 is 8.30. The number of benzene rings is 2. The first-order chi connectivity index (χ1) is 12.6. The van der Waals surface area contributed by atoms with Crippen LogP contribution in [0.2, 0.25) is 0 Å². The monoisotopic (exact) mass is 433 g/mol. The van der Waals surface area contributed by atoms with Crippen LogP contribution in [0.15, 0.2) is 52.1 Å². The molecular weight excluding hydrogens is 414 g/mol. The zero-order valence-electron chi connectivity index (χ0n) is 14.7. The van der Waals surface area contributed by atoms with Gasteiger partial charge in [0, 0.05) is 23.8 Å². The van der Waals surface area contributed by atoms with Crippen molar-refractivity contribution >= 4 is 50.3 Å². The van der Waals surface area contributed by atoms with Gasteiger partial charge in [-0.25, -0.2) is 4.98 Å². The lowest BCUT2D eigenvalue weighted by Crippen LogP contribution is -2.15. The standard InChI is InChI=1S/C19H20BrN3O2S/c1-13-11-14(20)7-8-15(13)21-18(24)12-26-19-22-16-5-3-4-6-17(16)23(19)9-10-25-2/h3-8,11H,9-10,12H2,1-2H3,(H,21,24). The van der Waals surface area contributed by atoms with Crippen LogP contribution in [0.5, 0.6) is 0 Å². The van der Waals surface area contributed by atoms with Crippen LogP contribution in [0.4, 0.5) is 5.69 Å². The van der Waals surface area contributed by atoms with E-state index in [1.807, 2.05) is 49.4 Å². The van der Waals surface area contributed by atoms with E-state index in [0.717, 1.165) is 31.9 Å². The molecule has 0 aliphatic rings. The largest absolute Gasteiger partial charge is 0.383 e. The first kappa shape index (κ1) is 18.9. The second-order valence-electron chi connectivity index (χ2n) is 5.82. The summed E-state index contributed by atoms with van der Waals surface area (Å²) in [6.45, 7) is 3.27. The third-order valence-corrected chi connectivity index (χ3v) is 5.40. The van der Waals surface area contributed by atoms with Crippen molar-refractivity contribution in [2.75, 3.05) is 24.8 Å². The molecule has 1 aromatic heterocycles. The first-order valence-electron chi connectivity index (χ1n) is 8.21. The van der Waals surface area contributed by atoms with Crippen LogP contribution in [-0.2, 0) is 16.1 Å². The number of fused-ring (bicyclic) bond motifs is 1. The molecule has 0 fully saturated rings. The molecule has 7 heteroatoms. The van der Waals surface area contributed by atoms with Crippen LogP contribution < -0.4 is 5.32 Å². The van der Waals surface area contributed by atoms with E-state index in [0.29, 0.717) is 18.9 Å². The Kier molecular flexibility index (Phi) is 6.34. The van der Waals surface area contributed by atoms with E-state index in [4.69, 9.17) is 4.74 Å². The molecule has 136 valence electrons. The number of aryl methyl sites for hydroxylation is 1. The average Bonchev–Trinajstić information content (AvgIpc) is 2.98. The highest BCUT2D eigenvalue weighted by Gasteiger charge is 2.13. The molecule has 2 aromatic carbocycles. The lowest BCUT2D eigenvalue weighted by Gasteiger charge is -2.10. The smallest absolute Gasteiger partial charge is 0.234 e. The Morgan fingerprint density at radius 1 is 1.31 bits per heavy atom. The van der Waals surface area contributed by atoms with E-state index in [2.05, 4.69) is 30.8 Å². The van der Waals surface area contributed by atoms with Gasteiger partial charge in [-0.1, -0.05) is 39.8 Å². The molecule has 3 rings (SSSR count). The molecule has 0 bridgehead atoms. The minimum Gasteiger partial charge on any atom is -0.383 e. The number of nitrogens with zero attached hydrogens (tertiary/aromatic N) is 2. The Morgan fingerprint density at radius 2 is 2.12 bits per heavy atom. The van der Waals surface area contributed by atoms with Gasteiger partial charge in [0.05, 0.1) is 23.4 Å². The van der Waals surface area contributed by atoms with Crippen LogP contribution >= 0.6 is 27.7 Å². The Hall–Kier alpha value is -1.83. The van der Waals surface area contributed by atoms with Crippen LogP contribution in [0.25, 0.3) is 11.0 Å². The maximum absolute atomic E-state index is 12.4. The summed E-state index contributed by atoms with van der Waals surface area (Å²) in [5.41, 5.74) is 3.82. The number of aromatic nitrogens is 2. The quantitative estimate of drug-likeness (QED) is 0.557. The van der Waals surface area contributed by atoms with Crippen molar-refractivity contribution in [1.82, 2.24) is 9.55 Å². The minimum atomic E-state index is -0.0502. The number of halogens is 1. The highest BCUT2D eigenvalue weighted by Crippen LogP contribution is 2.25. The molecule has 0 saturated heterocycles.